The fourth-order valence-electron chi connectivity index (χ4n) is 19.5. The van der Waals surface area contributed by atoms with Crippen LogP contribution in [0.4, 0.5) is 0 Å². The maximum Gasteiger partial charge on any atom is 0.472 e. The van der Waals surface area contributed by atoms with Gasteiger partial charge in [0.2, 0.25) is 25.3 Å². The van der Waals surface area contributed by atoms with Gasteiger partial charge in [0.15, 0.2) is 0 Å². The number of nitrogens with one attached hydrogen (secondary N) is 3. The van der Waals surface area contributed by atoms with Crippen LogP contribution in [0.15, 0.2) is 0 Å². The Labute approximate surface area is 885 Å². The number of phosphoric acid groups is 2. The van der Waals surface area contributed by atoms with Gasteiger partial charge >= 0.3 is 15.6 Å². The Morgan fingerprint density at radius 3 is 1.12 bits per heavy atom. The molecule has 0 radical (unpaired) electrons. The highest BCUT2D eigenvalue weighted by Crippen LogP contribution is 2.49. The molecule has 13 unspecified atom stereocenters. The third-order valence-electron chi connectivity index (χ3n) is 26.0. The lowest BCUT2D eigenvalue weighted by atomic mass is 9.96. The van der Waals surface area contributed by atoms with Crippen molar-refractivity contribution in [1.29, 1.82) is 0 Å². The number of likely N-dealkylation sites (tertiary alicyclic amines) is 7. The molecule has 33 nitrogen and oxygen atoms in total. The summed E-state index contributed by atoms with van der Waals surface area (Å²) in [5, 5.41) is 10.4. The van der Waals surface area contributed by atoms with E-state index >= 15 is 0 Å². The normalized spacial score (nSPS) is 24.8. The number of rotatable bonds is 59. The highest BCUT2D eigenvalue weighted by atomic mass is 31.2. The fourth-order valence-corrected chi connectivity index (χ4v) is 22.2. The Hall–Kier alpha value is -2.41. The second kappa shape index (κ2) is 73.2. The van der Waals surface area contributed by atoms with Crippen LogP contribution in [0.2, 0.25) is 0 Å². The summed E-state index contributed by atoms with van der Waals surface area (Å²) < 4.78 is 99.4. The molecule has 0 bridgehead atoms. The van der Waals surface area contributed by atoms with Gasteiger partial charge in [-0.05, 0) is 241 Å². The number of Topliss-reactive ketones (excluding diaryl/α,β-unsaturated/α-hetero) is 2. The first kappa shape index (κ1) is 145. The molecule has 7 fully saturated rings. The van der Waals surface area contributed by atoms with Gasteiger partial charge in [-0.2, -0.15) is 0 Å². The number of hydrogen-bond donors (Lipinski definition) is 6. The minimum atomic E-state index is -4.43. The van der Waals surface area contributed by atoms with Gasteiger partial charge < -0.3 is 87.5 Å². The second-order valence-corrected chi connectivity index (χ2v) is 50.3. The average molecular weight is 2140 g/mol. The third kappa shape index (κ3) is 59.9. The number of nitrogens with zero attached hydrogens (tertiary/aromatic N) is 7. The number of ether oxygens (including phenoxy) is 7. The lowest BCUT2D eigenvalue weighted by Crippen LogP contribution is -2.40. The van der Waals surface area contributed by atoms with E-state index in [0.717, 1.165) is 96.8 Å². The molecule has 0 spiro atoms. The number of phosphoric ester groups is 2. The Bertz CT molecular complexity index is 3540. The topological polar surface area (TPSA) is 359 Å². The van der Waals surface area contributed by atoms with Crippen LogP contribution in [0, 0.1) is 23.7 Å². The van der Waals surface area contributed by atoms with Gasteiger partial charge in [0.05, 0.1) is 145 Å². The number of hydrogen-bond acceptors (Lipinski definition) is 28. The maximum atomic E-state index is 12.8. The van der Waals surface area contributed by atoms with E-state index in [1.807, 2.05) is 92.9 Å². The molecule has 145 heavy (non-hydrogen) atoms. The molecule has 17 atom stereocenters. The fraction of sp³-hybridized carbons (Fsp3) is 0.945. The van der Waals surface area contributed by atoms with E-state index in [4.69, 9.17) is 60.3 Å². The van der Waals surface area contributed by atoms with Gasteiger partial charge in [-0.25, -0.2) is 9.13 Å². The SMILES string of the molecule is C.C.C.C.C=P(O)(OCC1CC(OC(C)C)CN1C(C)C)OC1CC(CC)N(C(C)C)C1.CC(C)CCC(=O)N1C[C@H](OC(C)C)C[C@H]1COC(C)C.CC(C)CCCC(=O)CC1CC(COC(C)C)N(C(=O)CCNC(C)C)C1.CC(C)NC1CC(COP(=O)(O)OCC(COP(=O)(O)OCC2CC(NC(C)C)CN2C(C)C)OC(C)C)N(C(C)C)C1.CC(C)OC[C@@H]1C[C@@H](OC(C)C)CN1C(=O)CC(=O)C(C)C. The first-order chi connectivity index (χ1) is 65.6. The quantitative estimate of drug-likeness (QED) is 0.0243. The van der Waals surface area contributed by atoms with Crippen molar-refractivity contribution in [2.24, 2.45) is 23.7 Å². The van der Waals surface area contributed by atoms with Crippen LogP contribution in [0.1, 0.15) is 375 Å². The van der Waals surface area contributed by atoms with E-state index in [1.54, 1.807) is 18.7 Å². The largest absolute Gasteiger partial charge is 0.472 e. The van der Waals surface area contributed by atoms with E-state index in [9.17, 15) is 47.8 Å². The second-order valence-electron chi connectivity index (χ2n) is 45.6. The van der Waals surface area contributed by atoms with E-state index in [0.29, 0.717) is 132 Å². The molecule has 0 aromatic carbocycles. The molecule has 6 N–H and O–H groups in total. The summed E-state index contributed by atoms with van der Waals surface area (Å²) in [5.41, 5.74) is 0. The van der Waals surface area contributed by atoms with Crippen molar-refractivity contribution < 1.29 is 108 Å². The molecule has 3 amide bonds. The van der Waals surface area contributed by atoms with Crippen LogP contribution in [0.5, 0.6) is 0 Å². The summed E-state index contributed by atoms with van der Waals surface area (Å²) in [6.07, 6.45) is 16.6. The molecule has 0 saturated carbocycles. The van der Waals surface area contributed by atoms with Gasteiger partial charge in [0.1, 0.15) is 17.7 Å². The zero-order valence-corrected chi connectivity index (χ0v) is 97.5. The summed E-state index contributed by atoms with van der Waals surface area (Å²) in [4.78, 5) is 108. The molecular weight excluding hydrogens is 1910 g/mol. The van der Waals surface area contributed by atoms with Crippen molar-refractivity contribution in [3.8, 4) is 0 Å². The van der Waals surface area contributed by atoms with Crippen molar-refractivity contribution in [2.45, 2.75) is 545 Å². The molecule has 7 saturated heterocycles. The van der Waals surface area contributed by atoms with Crippen LogP contribution in [-0.4, -0.2) is 360 Å². The Kier molecular flexibility index (Phi) is 73.0. The smallest absolute Gasteiger partial charge is 0.377 e. The first-order valence-corrected chi connectivity index (χ1v) is 59.0. The van der Waals surface area contributed by atoms with Gasteiger partial charge in [0, 0.05) is 163 Å². The minimum absolute atomic E-state index is 0. The Balaban J connectivity index is 0. The molecule has 7 heterocycles. The number of carbonyl (C=O) groups excluding carboxylic acids is 5. The molecule has 36 heteroatoms. The predicted octanol–water partition coefficient (Wildman–Crippen LogP) is 19.5. The molecular formula is C109H225N10O23P3. The van der Waals surface area contributed by atoms with E-state index < -0.39 is 29.3 Å². The van der Waals surface area contributed by atoms with Gasteiger partial charge in [0.25, 0.3) is 0 Å². The summed E-state index contributed by atoms with van der Waals surface area (Å²) in [7, 11) is -11.9. The van der Waals surface area contributed by atoms with Crippen molar-refractivity contribution in [3.63, 3.8) is 0 Å². The molecule has 7 aliphatic heterocycles. The molecule has 7 rings (SSSR count). The molecule has 0 aromatic rings. The highest BCUT2D eigenvalue weighted by Gasteiger charge is 2.45. The van der Waals surface area contributed by atoms with Gasteiger partial charge in [-0.3, -0.25) is 61.7 Å². The maximum absolute atomic E-state index is 12.8. The minimum Gasteiger partial charge on any atom is -0.377 e. The summed E-state index contributed by atoms with van der Waals surface area (Å²) in [6.45, 7) is 79.6. The van der Waals surface area contributed by atoms with Crippen LogP contribution in [0.25, 0.3) is 0 Å². The lowest BCUT2D eigenvalue weighted by Gasteiger charge is -2.30. The Morgan fingerprint density at radius 2 is 0.745 bits per heavy atom. The standard InChI is InChI=1S/C28H60N4O9P2.C22H42N2O3.C21H43N2O4P.C17H31NO4.C17H33NO3.4CH4/c1-19(2)29-24-11-26(31(13-24)21(5)6)15-37-42(33,34)39-17-28(41-23(9)10)18-40-43(35,36)38-16-27-12-25(30-20(3)4)14-32(27)22(7)8;1-16(2)8-7-9-21(25)13-19-12-20(15-27-18(5)6)24(14-19)22(26)10-11-23-17(3)4;1-9-18-10-21(13-22(18)15(2)3)27-28(8,24)25-14-19-11-20(26-17(6)7)12-23(19)16(4)5;1-11(2)16(19)8-17(20)18-9-15(22-13(5)6)7-14(18)10-21-12(3)4;1-12(2)7-8-17(19)18-10-16(21-14(5)6)9-15(18)11-20-13(3)4;;;;/h19-30H,11-18H2,1-10H3,(H,33,34)(H,35,36);16-20,23H,7-15H2,1-6H3;15-21,24H,8-14H2,1-7H3;11-15H,7-10H2,1-6H3;12-16H,7-11H2,1-6H3;4*1H4/t;;;14-,15+;15-,16+;;;;/m...00..../s1. The number of carbonyl (C=O) groups is 5. The first-order valence-electron chi connectivity index (χ1n) is 54.3. The summed E-state index contributed by atoms with van der Waals surface area (Å²) >= 11 is 0. The monoisotopic (exact) mass is 2140 g/mol. The van der Waals surface area contributed by atoms with Crippen molar-refractivity contribution >= 4 is 58.8 Å². The van der Waals surface area contributed by atoms with Gasteiger partial charge in [-0.15, -0.1) is 0 Å². The van der Waals surface area contributed by atoms with Crippen molar-refractivity contribution in [2.75, 3.05) is 105 Å². The molecule has 0 aromatic heterocycles. The van der Waals surface area contributed by atoms with Crippen molar-refractivity contribution in [1.82, 2.24) is 50.2 Å². The molecule has 864 valence electrons. The van der Waals surface area contributed by atoms with Crippen molar-refractivity contribution in [3.05, 3.63) is 0 Å². The van der Waals surface area contributed by atoms with Crippen LogP contribution in [0.3, 0.4) is 0 Å². The zero-order chi connectivity index (χ0) is 107. The van der Waals surface area contributed by atoms with E-state index in [1.165, 1.54) is 0 Å². The average Bonchev–Trinajstić information content (AvgIpc) is 1.69. The zero-order valence-electron chi connectivity index (χ0n) is 94.8. The predicted molar refractivity (Wildman–Crippen MR) is 595 cm³/mol. The molecule has 0 aliphatic carbocycles. The van der Waals surface area contributed by atoms with E-state index in [2.05, 4.69) is 187 Å². The molecule has 7 aliphatic rings. The highest BCUT2D eigenvalue weighted by molar-refractivity contribution is 7.58. The summed E-state index contributed by atoms with van der Waals surface area (Å²) in [6, 6.07) is 3.91. The number of ketones is 2. The summed E-state index contributed by atoms with van der Waals surface area (Å²) in [5.74, 6) is 2.02. The van der Waals surface area contributed by atoms with E-state index in [-0.39, 0.29) is 225 Å². The lowest BCUT2D eigenvalue weighted by molar-refractivity contribution is -0.138. The van der Waals surface area contributed by atoms with Gasteiger partial charge in [-0.1, -0.05) is 126 Å². The van der Waals surface area contributed by atoms with Crippen LogP contribution >= 0.6 is 23.2 Å². The van der Waals surface area contributed by atoms with Crippen LogP contribution < -0.4 is 16.0 Å². The third-order valence-corrected chi connectivity index (χ3v) is 29.1. The number of amides is 3. The van der Waals surface area contributed by atoms with Crippen LogP contribution in [-0.2, 0) is 93.4 Å². The Morgan fingerprint density at radius 1 is 0.379 bits per heavy atom.